The van der Waals surface area contributed by atoms with Crippen molar-refractivity contribution in [2.45, 2.75) is 26.9 Å². The number of ether oxygens (including phenoxy) is 1. The van der Waals surface area contributed by atoms with Gasteiger partial charge in [0.05, 0.1) is 11.7 Å². The van der Waals surface area contributed by atoms with Gasteiger partial charge in [-0.1, -0.05) is 29.4 Å². The molecule has 1 rings (SSSR count). The lowest BCUT2D eigenvalue weighted by Gasteiger charge is -2.17. The third-order valence-electron chi connectivity index (χ3n) is 3.35. The van der Waals surface area contributed by atoms with Gasteiger partial charge in [-0.05, 0) is 25.9 Å². The number of carbonyl (C=O) groups excluding carboxylic acids is 1. The number of oxime groups is 2. The molecule has 1 aromatic carbocycles. The highest BCUT2D eigenvalue weighted by Crippen LogP contribution is 2.25. The zero-order chi connectivity index (χ0) is 20.4. The summed E-state index contributed by atoms with van der Waals surface area (Å²) < 4.78 is 5.67. The molecule has 0 aliphatic rings. The lowest BCUT2D eigenvalue weighted by molar-refractivity contribution is -0.114. The largest absolute Gasteiger partial charge is 0.473 e. The molecule has 0 aliphatic carbocycles. The first-order valence-corrected chi connectivity index (χ1v) is 8.19. The number of carbonyl (C=O) groups is 1. The number of nitrogens with one attached hydrogen (secondary N) is 1. The van der Waals surface area contributed by atoms with Crippen molar-refractivity contribution in [3.8, 4) is 0 Å². The molecule has 0 saturated heterocycles. The number of nitrogens with zero attached hydrogens (tertiary/aromatic N) is 2. The molecular formula is C18H26N4O5. The van der Waals surface area contributed by atoms with Crippen LogP contribution in [-0.4, -0.2) is 44.9 Å². The lowest BCUT2D eigenvalue weighted by Crippen LogP contribution is -2.29. The van der Waals surface area contributed by atoms with Gasteiger partial charge in [0.25, 0.3) is 11.8 Å². The Morgan fingerprint density at radius 3 is 2.19 bits per heavy atom. The van der Waals surface area contributed by atoms with E-state index in [4.69, 9.17) is 25.1 Å². The van der Waals surface area contributed by atoms with Crippen molar-refractivity contribution >= 4 is 23.3 Å². The smallest absolute Gasteiger partial charge is 0.273 e. The van der Waals surface area contributed by atoms with E-state index in [9.17, 15) is 4.79 Å². The van der Waals surface area contributed by atoms with Crippen molar-refractivity contribution in [3.63, 3.8) is 0 Å². The molecule has 0 aromatic heterocycles. The van der Waals surface area contributed by atoms with Crippen LogP contribution < -0.4 is 11.2 Å². The summed E-state index contributed by atoms with van der Waals surface area (Å²) in [6.07, 6.45) is -0.153. The molecule has 0 atom stereocenters. The first kappa shape index (κ1) is 22.0. The fraction of sp³-hybridized carbons (Fsp3) is 0.389. The Balaban J connectivity index is 3.64. The number of hydrogen-bond donors (Lipinski definition) is 2. The van der Waals surface area contributed by atoms with Gasteiger partial charge in [-0.3, -0.25) is 4.79 Å². The van der Waals surface area contributed by atoms with Crippen LogP contribution in [0.4, 0.5) is 0 Å². The number of likely N-dealkylation sites (N-methyl/N-ethyl adjacent to an activating group) is 1. The van der Waals surface area contributed by atoms with Crippen molar-refractivity contribution < 1.29 is 24.0 Å². The average molecular weight is 378 g/mol. The molecule has 0 saturated carbocycles. The van der Waals surface area contributed by atoms with E-state index < -0.39 is 5.91 Å². The second kappa shape index (κ2) is 10.8. The van der Waals surface area contributed by atoms with Gasteiger partial charge in [-0.2, -0.15) is 5.90 Å². The maximum Gasteiger partial charge on any atom is 0.273 e. The predicted octanol–water partition coefficient (Wildman–Crippen LogP) is 1.79. The Kier molecular flexibility index (Phi) is 8.80. The van der Waals surface area contributed by atoms with E-state index in [1.165, 1.54) is 21.3 Å². The molecule has 1 aromatic rings. The first-order valence-electron chi connectivity index (χ1n) is 8.19. The summed E-state index contributed by atoms with van der Waals surface area (Å²) >= 11 is 0. The molecule has 0 fully saturated rings. The van der Waals surface area contributed by atoms with Crippen LogP contribution in [0, 0.1) is 0 Å². The SMILES string of the molecule is CNC(=O)/C(=N/OC)c1ccccc1/C(ON)=C(C)\C(=N\OC)OC(C)C. The quantitative estimate of drug-likeness (QED) is 0.308. The van der Waals surface area contributed by atoms with Crippen LogP contribution in [0.15, 0.2) is 40.1 Å². The summed E-state index contributed by atoms with van der Waals surface area (Å²) in [4.78, 5) is 27.0. The van der Waals surface area contributed by atoms with Crippen molar-refractivity contribution in [3.05, 3.63) is 41.0 Å². The van der Waals surface area contributed by atoms with Gasteiger partial charge in [0.15, 0.2) is 11.5 Å². The van der Waals surface area contributed by atoms with Crippen LogP contribution in [0.25, 0.3) is 5.76 Å². The summed E-state index contributed by atoms with van der Waals surface area (Å²) in [5.41, 5.74) is 1.51. The van der Waals surface area contributed by atoms with E-state index in [2.05, 4.69) is 15.6 Å². The van der Waals surface area contributed by atoms with Crippen LogP contribution in [0.5, 0.6) is 0 Å². The second-order valence-electron chi connectivity index (χ2n) is 5.56. The van der Waals surface area contributed by atoms with Crippen molar-refractivity contribution in [1.82, 2.24) is 5.32 Å². The van der Waals surface area contributed by atoms with Crippen LogP contribution in [0.2, 0.25) is 0 Å². The van der Waals surface area contributed by atoms with Crippen LogP contribution in [0.1, 0.15) is 31.9 Å². The fourth-order valence-electron chi connectivity index (χ4n) is 2.25. The molecule has 9 nitrogen and oxygen atoms in total. The van der Waals surface area contributed by atoms with Crippen LogP contribution in [0.3, 0.4) is 0 Å². The van der Waals surface area contributed by atoms with E-state index in [1.54, 1.807) is 31.2 Å². The van der Waals surface area contributed by atoms with Gasteiger partial charge in [-0.25, -0.2) is 0 Å². The Morgan fingerprint density at radius 1 is 1.11 bits per heavy atom. The van der Waals surface area contributed by atoms with Gasteiger partial charge in [-0.15, -0.1) is 0 Å². The second-order valence-corrected chi connectivity index (χ2v) is 5.56. The van der Waals surface area contributed by atoms with E-state index in [0.29, 0.717) is 16.7 Å². The Hall–Kier alpha value is -3.07. The van der Waals surface area contributed by atoms with E-state index in [1.807, 2.05) is 13.8 Å². The standard InChI is InChI=1S/C18H26N4O5/c1-11(2)26-18(22-25-6)12(3)16(27-19)14-10-8-7-9-13(14)15(21-24-5)17(23)20-4/h7-11H,19H2,1-6H3,(H,20,23)/b16-12+,21-15+,22-18-. The molecule has 1 amide bonds. The normalized spacial score (nSPS) is 13.0. The summed E-state index contributed by atoms with van der Waals surface area (Å²) in [6, 6.07) is 6.96. The van der Waals surface area contributed by atoms with Crippen molar-refractivity contribution in [1.29, 1.82) is 0 Å². The molecule has 3 N–H and O–H groups in total. The number of hydrogen-bond acceptors (Lipinski definition) is 8. The van der Waals surface area contributed by atoms with Crippen molar-refractivity contribution in [2.75, 3.05) is 21.3 Å². The zero-order valence-electron chi connectivity index (χ0n) is 16.4. The molecule has 0 heterocycles. The highest BCUT2D eigenvalue weighted by Gasteiger charge is 2.23. The topological polar surface area (TPSA) is 117 Å². The third kappa shape index (κ3) is 5.71. The number of amides is 1. The molecule has 0 spiro atoms. The number of benzene rings is 1. The van der Waals surface area contributed by atoms with Gasteiger partial charge in [0.1, 0.15) is 14.2 Å². The predicted molar refractivity (Wildman–Crippen MR) is 103 cm³/mol. The summed E-state index contributed by atoms with van der Waals surface area (Å²) in [5.74, 6) is 5.56. The zero-order valence-corrected chi connectivity index (χ0v) is 16.4. The van der Waals surface area contributed by atoms with Gasteiger partial charge >= 0.3 is 0 Å². The number of nitrogens with two attached hydrogens (primary N) is 1. The molecule has 9 heteroatoms. The number of rotatable bonds is 8. The maximum atomic E-state index is 12.2. The molecule has 0 bridgehead atoms. The Morgan fingerprint density at radius 2 is 1.70 bits per heavy atom. The molecule has 0 unspecified atom stereocenters. The summed E-state index contributed by atoms with van der Waals surface area (Å²) in [5, 5.41) is 10.2. The van der Waals surface area contributed by atoms with Crippen LogP contribution in [-0.2, 0) is 24.0 Å². The molecule has 148 valence electrons. The molecule has 27 heavy (non-hydrogen) atoms. The van der Waals surface area contributed by atoms with Gasteiger partial charge < -0.3 is 24.6 Å². The van der Waals surface area contributed by atoms with Crippen molar-refractivity contribution in [2.24, 2.45) is 16.2 Å². The summed E-state index contributed by atoms with van der Waals surface area (Å²) in [7, 11) is 4.26. The van der Waals surface area contributed by atoms with E-state index >= 15 is 0 Å². The Labute approximate surface area is 158 Å². The first-order chi connectivity index (χ1) is 12.9. The third-order valence-corrected chi connectivity index (χ3v) is 3.35. The highest BCUT2D eigenvalue weighted by atomic mass is 16.6. The monoisotopic (exact) mass is 378 g/mol. The Bertz CT molecular complexity index is 741. The molecule has 0 radical (unpaired) electrons. The fourth-order valence-corrected chi connectivity index (χ4v) is 2.25. The van der Waals surface area contributed by atoms with E-state index in [-0.39, 0.29) is 23.5 Å². The minimum Gasteiger partial charge on any atom is -0.473 e. The average Bonchev–Trinajstić information content (AvgIpc) is 2.66. The summed E-state index contributed by atoms with van der Waals surface area (Å²) in [6.45, 7) is 5.42. The highest BCUT2D eigenvalue weighted by molar-refractivity contribution is 6.45. The maximum absolute atomic E-state index is 12.2. The van der Waals surface area contributed by atoms with E-state index in [0.717, 1.165) is 0 Å². The minimum atomic E-state index is -0.428. The van der Waals surface area contributed by atoms with Gasteiger partial charge in [0, 0.05) is 18.2 Å². The van der Waals surface area contributed by atoms with Gasteiger partial charge in [0.2, 0.25) is 0 Å². The minimum absolute atomic E-state index is 0.0629. The molecule has 0 aliphatic heterocycles. The lowest BCUT2D eigenvalue weighted by atomic mass is 9.98. The molecular weight excluding hydrogens is 352 g/mol. The van der Waals surface area contributed by atoms with Crippen LogP contribution >= 0.6 is 0 Å².